The largest absolute Gasteiger partial charge is 0.496 e. The summed E-state index contributed by atoms with van der Waals surface area (Å²) < 4.78 is 11.4. The Morgan fingerprint density at radius 1 is 1.52 bits per heavy atom. The molecule has 0 saturated carbocycles. The van der Waals surface area contributed by atoms with Crippen molar-refractivity contribution < 1.29 is 14.6 Å². The van der Waals surface area contributed by atoms with Crippen LogP contribution in [0.4, 0.5) is 0 Å². The normalized spacial score (nSPS) is 30.5. The van der Waals surface area contributed by atoms with Crippen molar-refractivity contribution >= 4 is 23.4 Å². The van der Waals surface area contributed by atoms with E-state index in [2.05, 4.69) is 0 Å². The third-order valence-electron chi connectivity index (χ3n) is 4.56. The topological polar surface area (TPSA) is 38.7 Å². The van der Waals surface area contributed by atoms with Crippen molar-refractivity contribution in [3.63, 3.8) is 0 Å². The van der Waals surface area contributed by atoms with Gasteiger partial charge in [0.1, 0.15) is 5.75 Å². The molecule has 3 unspecified atom stereocenters. The second kappa shape index (κ2) is 6.37. The minimum atomic E-state index is -0.551. The monoisotopic (exact) mass is 328 g/mol. The van der Waals surface area contributed by atoms with Gasteiger partial charge in [-0.2, -0.15) is 11.8 Å². The molecule has 0 aromatic heterocycles. The zero-order valence-electron chi connectivity index (χ0n) is 12.2. The Kier molecular flexibility index (Phi) is 4.69. The van der Waals surface area contributed by atoms with Gasteiger partial charge in [0.15, 0.2) is 0 Å². The third kappa shape index (κ3) is 3.19. The minimum Gasteiger partial charge on any atom is -0.496 e. The number of aliphatic hydroxyl groups is 1. The van der Waals surface area contributed by atoms with Crippen LogP contribution in [-0.2, 0) is 4.74 Å². The van der Waals surface area contributed by atoms with Crippen molar-refractivity contribution in [1.82, 2.24) is 0 Å². The average molecular weight is 329 g/mol. The van der Waals surface area contributed by atoms with Crippen LogP contribution in [0.15, 0.2) is 18.2 Å². The van der Waals surface area contributed by atoms with Crippen LogP contribution in [0.5, 0.6) is 5.75 Å². The molecule has 0 bridgehead atoms. The molecular weight excluding hydrogens is 308 g/mol. The van der Waals surface area contributed by atoms with Crippen molar-refractivity contribution in [2.24, 2.45) is 5.92 Å². The van der Waals surface area contributed by atoms with Gasteiger partial charge in [0.05, 0.1) is 18.8 Å². The fraction of sp³-hybridized carbons (Fsp3) is 0.625. The number of hydrogen-bond acceptors (Lipinski definition) is 4. The van der Waals surface area contributed by atoms with E-state index in [-0.39, 0.29) is 11.5 Å². The highest BCUT2D eigenvalue weighted by Crippen LogP contribution is 2.45. The van der Waals surface area contributed by atoms with Gasteiger partial charge in [-0.3, -0.25) is 0 Å². The van der Waals surface area contributed by atoms with Gasteiger partial charge in [-0.25, -0.2) is 0 Å². The molecule has 1 aromatic carbocycles. The maximum absolute atomic E-state index is 10.8. The molecule has 0 aliphatic carbocycles. The molecule has 3 nitrogen and oxygen atoms in total. The molecule has 0 radical (unpaired) electrons. The van der Waals surface area contributed by atoms with E-state index in [1.165, 1.54) is 0 Å². The highest BCUT2D eigenvalue weighted by atomic mass is 35.5. The number of rotatable bonds is 3. The molecule has 2 saturated heterocycles. The molecule has 3 atom stereocenters. The predicted molar refractivity (Wildman–Crippen MR) is 86.3 cm³/mol. The van der Waals surface area contributed by atoms with Crippen LogP contribution in [0, 0.1) is 5.92 Å². The second-order valence-electron chi connectivity index (χ2n) is 5.92. The van der Waals surface area contributed by atoms with Crippen molar-refractivity contribution in [2.75, 3.05) is 25.2 Å². The Morgan fingerprint density at radius 3 is 3.10 bits per heavy atom. The molecule has 2 heterocycles. The summed E-state index contributed by atoms with van der Waals surface area (Å²) in [7, 11) is 1.62. The molecule has 1 N–H and O–H groups in total. The minimum absolute atomic E-state index is 0.0274. The number of thioether (sulfide) groups is 1. The summed E-state index contributed by atoms with van der Waals surface area (Å²) in [5.41, 5.74) is 0.762. The molecule has 0 amide bonds. The Balaban J connectivity index is 1.81. The first-order valence-electron chi connectivity index (χ1n) is 7.37. The number of benzene rings is 1. The van der Waals surface area contributed by atoms with E-state index >= 15 is 0 Å². The fourth-order valence-electron chi connectivity index (χ4n) is 3.39. The van der Waals surface area contributed by atoms with Crippen LogP contribution < -0.4 is 4.74 Å². The quantitative estimate of drug-likeness (QED) is 0.918. The van der Waals surface area contributed by atoms with Gasteiger partial charge in [-0.05, 0) is 49.1 Å². The van der Waals surface area contributed by atoms with E-state index in [0.717, 1.165) is 42.9 Å². The lowest BCUT2D eigenvalue weighted by Gasteiger charge is -2.39. The van der Waals surface area contributed by atoms with Crippen LogP contribution in [0.25, 0.3) is 0 Å². The standard InChI is InChI=1S/C16H21ClO3S/c1-19-14-3-2-12(17)8-13(14)15(18)11-4-6-20-16(9-11)5-7-21-10-16/h2-3,8,11,15,18H,4-7,9-10H2,1H3. The van der Waals surface area contributed by atoms with Gasteiger partial charge in [0.25, 0.3) is 0 Å². The molecule has 1 spiro atoms. The van der Waals surface area contributed by atoms with Gasteiger partial charge < -0.3 is 14.6 Å². The first-order valence-corrected chi connectivity index (χ1v) is 8.90. The van der Waals surface area contributed by atoms with E-state index in [4.69, 9.17) is 21.1 Å². The molecule has 116 valence electrons. The van der Waals surface area contributed by atoms with Crippen LogP contribution in [0.3, 0.4) is 0 Å². The number of hydrogen-bond donors (Lipinski definition) is 1. The molecule has 2 aliphatic heterocycles. The third-order valence-corrected chi connectivity index (χ3v) is 6.01. The van der Waals surface area contributed by atoms with Crippen molar-refractivity contribution in [1.29, 1.82) is 0 Å². The summed E-state index contributed by atoms with van der Waals surface area (Å²) >= 11 is 8.03. The van der Waals surface area contributed by atoms with E-state index in [0.29, 0.717) is 10.8 Å². The maximum atomic E-state index is 10.8. The summed E-state index contributed by atoms with van der Waals surface area (Å²) in [6.07, 6.45) is 2.33. The van der Waals surface area contributed by atoms with Crippen LogP contribution in [0.2, 0.25) is 5.02 Å². The van der Waals surface area contributed by atoms with Gasteiger partial charge in [-0.15, -0.1) is 0 Å². The van der Waals surface area contributed by atoms with Crippen molar-refractivity contribution in [2.45, 2.75) is 31.0 Å². The smallest absolute Gasteiger partial charge is 0.124 e. The molecule has 21 heavy (non-hydrogen) atoms. The maximum Gasteiger partial charge on any atom is 0.124 e. The zero-order chi connectivity index (χ0) is 14.9. The summed E-state index contributed by atoms with van der Waals surface area (Å²) in [4.78, 5) is 0. The number of ether oxygens (including phenoxy) is 2. The first kappa shape index (κ1) is 15.5. The van der Waals surface area contributed by atoms with Crippen LogP contribution in [0.1, 0.15) is 30.9 Å². The molecular formula is C16H21ClO3S. The highest BCUT2D eigenvalue weighted by molar-refractivity contribution is 7.99. The van der Waals surface area contributed by atoms with Crippen molar-refractivity contribution in [3.05, 3.63) is 28.8 Å². The van der Waals surface area contributed by atoms with E-state index in [1.54, 1.807) is 13.2 Å². The number of methoxy groups -OCH3 is 1. The molecule has 2 aliphatic rings. The predicted octanol–water partition coefficient (Wildman–Crippen LogP) is 3.68. The van der Waals surface area contributed by atoms with Gasteiger partial charge in [0, 0.05) is 22.9 Å². The lowest BCUT2D eigenvalue weighted by atomic mass is 9.80. The van der Waals surface area contributed by atoms with E-state index < -0.39 is 6.10 Å². The van der Waals surface area contributed by atoms with Crippen LogP contribution >= 0.6 is 23.4 Å². The van der Waals surface area contributed by atoms with Crippen molar-refractivity contribution in [3.8, 4) is 5.75 Å². The summed E-state index contributed by atoms with van der Waals surface area (Å²) in [5, 5.41) is 11.5. The summed E-state index contributed by atoms with van der Waals surface area (Å²) in [5.74, 6) is 3.10. The SMILES string of the molecule is COc1ccc(Cl)cc1C(O)C1CCOC2(CCSC2)C1. The van der Waals surface area contributed by atoms with Gasteiger partial charge in [-0.1, -0.05) is 11.6 Å². The first-order chi connectivity index (χ1) is 10.1. The summed E-state index contributed by atoms with van der Waals surface area (Å²) in [6, 6.07) is 5.42. The fourth-order valence-corrected chi connectivity index (χ4v) is 4.95. The van der Waals surface area contributed by atoms with E-state index in [9.17, 15) is 5.11 Å². The zero-order valence-corrected chi connectivity index (χ0v) is 13.8. The molecule has 5 heteroatoms. The Morgan fingerprint density at radius 2 is 2.38 bits per heavy atom. The highest BCUT2D eigenvalue weighted by Gasteiger charge is 2.42. The molecule has 3 rings (SSSR count). The van der Waals surface area contributed by atoms with Crippen LogP contribution in [-0.4, -0.2) is 35.9 Å². The Labute approximate surface area is 135 Å². The lowest BCUT2D eigenvalue weighted by molar-refractivity contribution is -0.102. The number of aliphatic hydroxyl groups excluding tert-OH is 1. The number of halogens is 1. The molecule has 1 aromatic rings. The Hall–Kier alpha value is -0.420. The second-order valence-corrected chi connectivity index (χ2v) is 7.46. The van der Waals surface area contributed by atoms with Gasteiger partial charge in [0.2, 0.25) is 0 Å². The lowest BCUT2D eigenvalue weighted by Crippen LogP contribution is -2.41. The summed E-state index contributed by atoms with van der Waals surface area (Å²) in [6.45, 7) is 0.727. The van der Waals surface area contributed by atoms with E-state index in [1.807, 2.05) is 23.9 Å². The Bertz CT molecular complexity index is 502. The van der Waals surface area contributed by atoms with Gasteiger partial charge >= 0.3 is 0 Å². The average Bonchev–Trinajstić information content (AvgIpc) is 2.94. The molecule has 2 fully saturated rings.